The topological polar surface area (TPSA) is 99.2 Å². The molecule has 1 fully saturated rings. The molecule has 0 aliphatic carbocycles. The number of carbonyl (C=O) groups excluding carboxylic acids is 4. The number of carbonyl (C=O) groups is 4. The minimum absolute atomic E-state index is 0.0404. The van der Waals surface area contributed by atoms with Gasteiger partial charge >= 0.3 is 11.9 Å². The molecule has 8 nitrogen and oxygen atoms in total. The summed E-state index contributed by atoms with van der Waals surface area (Å²) in [5.41, 5.74) is -0.933. The molecule has 1 aliphatic rings. The number of hydroxylamine groups is 2. The van der Waals surface area contributed by atoms with Crippen molar-refractivity contribution in [2.45, 2.75) is 91.3 Å². The van der Waals surface area contributed by atoms with Crippen LogP contribution in [0, 0.1) is 5.92 Å². The van der Waals surface area contributed by atoms with Crippen molar-refractivity contribution in [2.75, 3.05) is 6.61 Å². The third-order valence-corrected chi connectivity index (χ3v) is 4.92. The molecule has 0 saturated carbocycles. The lowest BCUT2D eigenvalue weighted by molar-refractivity contribution is -0.197. The summed E-state index contributed by atoms with van der Waals surface area (Å²) in [6, 6.07) is 0. The van der Waals surface area contributed by atoms with E-state index in [1.807, 2.05) is 27.7 Å². The van der Waals surface area contributed by atoms with Gasteiger partial charge < -0.3 is 14.3 Å². The number of hydrogen-bond donors (Lipinski definition) is 0. The van der Waals surface area contributed by atoms with Crippen molar-refractivity contribution in [3.63, 3.8) is 0 Å². The van der Waals surface area contributed by atoms with Gasteiger partial charge in [0.05, 0.1) is 12.2 Å². The van der Waals surface area contributed by atoms with E-state index >= 15 is 0 Å². The molecule has 1 heterocycles. The van der Waals surface area contributed by atoms with Gasteiger partial charge in [0.2, 0.25) is 0 Å². The average molecular weight is 399 g/mol. The van der Waals surface area contributed by atoms with Gasteiger partial charge in [-0.2, -0.15) is 0 Å². The normalized spacial score (nSPS) is 15.3. The monoisotopic (exact) mass is 399 g/mol. The highest BCUT2D eigenvalue weighted by Crippen LogP contribution is 2.23. The van der Waals surface area contributed by atoms with Gasteiger partial charge in [-0.1, -0.05) is 13.8 Å². The van der Waals surface area contributed by atoms with Gasteiger partial charge in [-0.15, -0.1) is 5.06 Å². The minimum Gasteiger partial charge on any atom is -0.460 e. The maximum Gasteiger partial charge on any atom is 0.333 e. The van der Waals surface area contributed by atoms with Gasteiger partial charge in [0.15, 0.2) is 0 Å². The van der Waals surface area contributed by atoms with Gasteiger partial charge in [0.1, 0.15) is 5.60 Å². The average Bonchev–Trinajstić information content (AvgIpc) is 2.85. The lowest BCUT2D eigenvalue weighted by Crippen LogP contribution is -2.35. The molecule has 0 bridgehead atoms. The van der Waals surface area contributed by atoms with Gasteiger partial charge in [0.25, 0.3) is 11.8 Å². The zero-order chi connectivity index (χ0) is 21.5. The number of hydrogen-bond acceptors (Lipinski definition) is 7. The Morgan fingerprint density at radius 2 is 1.54 bits per heavy atom. The summed E-state index contributed by atoms with van der Waals surface area (Å²) in [6.07, 6.45) is 0.811. The van der Waals surface area contributed by atoms with E-state index in [1.165, 1.54) is 0 Å². The standard InChI is InChI=1S/C20H33NO7/c1-14(2)20(5,6)26-13-12-19(3,4)27-17(24)8-7-9-18(25)28-21-15(22)10-11-16(21)23/h14H,7-13H2,1-6H3. The number of amides is 2. The molecule has 8 heteroatoms. The molecular formula is C20H33NO7. The quantitative estimate of drug-likeness (QED) is 0.389. The van der Waals surface area contributed by atoms with Crippen LogP contribution >= 0.6 is 0 Å². The fraction of sp³-hybridized carbons (Fsp3) is 0.800. The Morgan fingerprint density at radius 1 is 1.00 bits per heavy atom. The molecule has 0 aromatic heterocycles. The summed E-state index contributed by atoms with van der Waals surface area (Å²) < 4.78 is 11.4. The molecule has 0 radical (unpaired) electrons. The highest BCUT2D eigenvalue weighted by atomic mass is 16.7. The van der Waals surface area contributed by atoms with E-state index in [1.54, 1.807) is 0 Å². The lowest BCUT2D eigenvalue weighted by Gasteiger charge is -2.32. The first kappa shape index (κ1) is 24.1. The van der Waals surface area contributed by atoms with E-state index in [0.29, 0.717) is 24.0 Å². The predicted molar refractivity (Wildman–Crippen MR) is 101 cm³/mol. The highest BCUT2D eigenvalue weighted by Gasteiger charge is 2.33. The first-order valence-electron chi connectivity index (χ1n) is 9.76. The molecule has 2 amide bonds. The number of nitrogens with zero attached hydrogens (tertiary/aromatic N) is 1. The Labute approximate surface area is 166 Å². The summed E-state index contributed by atoms with van der Waals surface area (Å²) in [5.74, 6) is -1.83. The van der Waals surface area contributed by atoms with Gasteiger partial charge in [0, 0.05) is 32.1 Å². The summed E-state index contributed by atoms with van der Waals surface area (Å²) in [6.45, 7) is 12.3. The summed E-state index contributed by atoms with van der Waals surface area (Å²) in [4.78, 5) is 51.3. The maximum absolute atomic E-state index is 12.0. The van der Waals surface area contributed by atoms with E-state index in [2.05, 4.69) is 13.8 Å². The number of rotatable bonds is 11. The zero-order valence-electron chi connectivity index (χ0n) is 17.8. The second-order valence-electron chi connectivity index (χ2n) is 8.49. The Kier molecular flexibility index (Phi) is 8.60. The third kappa shape index (κ3) is 7.96. The van der Waals surface area contributed by atoms with Crippen molar-refractivity contribution in [2.24, 2.45) is 5.92 Å². The van der Waals surface area contributed by atoms with E-state index in [-0.39, 0.29) is 37.7 Å². The van der Waals surface area contributed by atoms with Crippen molar-refractivity contribution < 1.29 is 33.5 Å². The molecule has 0 aromatic rings. The maximum atomic E-state index is 12.0. The van der Waals surface area contributed by atoms with Crippen LogP contribution in [0.2, 0.25) is 0 Å². The molecule has 0 N–H and O–H groups in total. The number of imide groups is 1. The highest BCUT2D eigenvalue weighted by molar-refractivity contribution is 6.01. The molecular weight excluding hydrogens is 366 g/mol. The summed E-state index contributed by atoms with van der Waals surface area (Å²) in [5, 5.41) is 0.502. The van der Waals surface area contributed by atoms with Crippen LogP contribution in [-0.4, -0.2) is 46.6 Å². The molecule has 0 unspecified atom stereocenters. The zero-order valence-corrected chi connectivity index (χ0v) is 17.8. The first-order chi connectivity index (χ1) is 12.8. The summed E-state index contributed by atoms with van der Waals surface area (Å²) >= 11 is 0. The van der Waals surface area contributed by atoms with Crippen molar-refractivity contribution in [3.05, 3.63) is 0 Å². The van der Waals surface area contributed by atoms with Crippen LogP contribution in [0.4, 0.5) is 0 Å². The Bertz CT molecular complexity index is 579. The van der Waals surface area contributed by atoms with Crippen LogP contribution in [0.5, 0.6) is 0 Å². The minimum atomic E-state index is -0.722. The van der Waals surface area contributed by atoms with Crippen LogP contribution in [0.3, 0.4) is 0 Å². The summed E-state index contributed by atoms with van der Waals surface area (Å²) in [7, 11) is 0. The molecule has 0 aromatic carbocycles. The van der Waals surface area contributed by atoms with Crippen molar-refractivity contribution in [1.29, 1.82) is 0 Å². The Hall–Kier alpha value is -1.96. The SMILES string of the molecule is CC(C)C(C)(C)OCCC(C)(C)OC(=O)CCCC(=O)ON1C(=O)CCC1=O. The molecule has 160 valence electrons. The smallest absolute Gasteiger partial charge is 0.333 e. The van der Waals surface area contributed by atoms with E-state index in [4.69, 9.17) is 14.3 Å². The van der Waals surface area contributed by atoms with Gasteiger partial charge in [-0.3, -0.25) is 14.4 Å². The molecule has 1 aliphatic heterocycles. The van der Waals surface area contributed by atoms with Gasteiger partial charge in [-0.25, -0.2) is 4.79 Å². The van der Waals surface area contributed by atoms with E-state index < -0.39 is 29.4 Å². The van der Waals surface area contributed by atoms with Crippen molar-refractivity contribution >= 4 is 23.8 Å². The Balaban J connectivity index is 2.28. The van der Waals surface area contributed by atoms with E-state index in [9.17, 15) is 19.2 Å². The first-order valence-corrected chi connectivity index (χ1v) is 9.76. The second kappa shape index (κ2) is 10.0. The number of esters is 1. The fourth-order valence-corrected chi connectivity index (χ4v) is 2.32. The van der Waals surface area contributed by atoms with Crippen LogP contribution in [0.25, 0.3) is 0 Å². The molecule has 0 spiro atoms. The molecule has 1 saturated heterocycles. The Morgan fingerprint density at radius 3 is 2.07 bits per heavy atom. The second-order valence-corrected chi connectivity index (χ2v) is 8.49. The fourth-order valence-electron chi connectivity index (χ4n) is 2.32. The lowest BCUT2D eigenvalue weighted by atomic mass is 9.94. The van der Waals surface area contributed by atoms with Crippen LogP contribution in [0.1, 0.15) is 80.1 Å². The van der Waals surface area contributed by atoms with Crippen molar-refractivity contribution in [1.82, 2.24) is 5.06 Å². The predicted octanol–water partition coefficient (Wildman–Crippen LogP) is 2.93. The number of ether oxygens (including phenoxy) is 2. The molecule has 1 rings (SSSR count). The van der Waals surface area contributed by atoms with Crippen LogP contribution in [0.15, 0.2) is 0 Å². The van der Waals surface area contributed by atoms with Crippen LogP contribution in [-0.2, 0) is 33.5 Å². The van der Waals surface area contributed by atoms with Crippen LogP contribution < -0.4 is 0 Å². The third-order valence-electron chi connectivity index (χ3n) is 4.92. The molecule has 28 heavy (non-hydrogen) atoms. The van der Waals surface area contributed by atoms with Gasteiger partial charge in [-0.05, 0) is 40.0 Å². The largest absolute Gasteiger partial charge is 0.460 e. The molecule has 0 atom stereocenters. The van der Waals surface area contributed by atoms with Crippen molar-refractivity contribution in [3.8, 4) is 0 Å². The van der Waals surface area contributed by atoms with E-state index in [0.717, 1.165) is 0 Å².